The minimum absolute atomic E-state index is 0.0339. The second-order valence-corrected chi connectivity index (χ2v) is 6.13. The molecule has 0 spiro atoms. The Balaban J connectivity index is 1.71. The van der Waals surface area contributed by atoms with E-state index in [2.05, 4.69) is 29.4 Å². The monoisotopic (exact) mass is 314 g/mol. The lowest BCUT2D eigenvalue weighted by Crippen LogP contribution is -2.37. The van der Waals surface area contributed by atoms with Gasteiger partial charge in [0.2, 0.25) is 5.91 Å². The third-order valence-corrected chi connectivity index (χ3v) is 4.30. The summed E-state index contributed by atoms with van der Waals surface area (Å²) in [5.74, 6) is 0.0339. The summed E-state index contributed by atoms with van der Waals surface area (Å²) < 4.78 is 0. The second-order valence-electron chi connectivity index (χ2n) is 5.70. The first kappa shape index (κ1) is 14.9. The number of amides is 1. The fourth-order valence-electron chi connectivity index (χ4n) is 2.96. The molecule has 0 saturated heterocycles. The first-order valence-corrected chi connectivity index (χ1v) is 7.85. The predicted octanol–water partition coefficient (Wildman–Crippen LogP) is 3.58. The number of fused-ring (bicyclic) bond motifs is 1. The van der Waals surface area contributed by atoms with E-state index < -0.39 is 0 Å². The van der Waals surface area contributed by atoms with Crippen molar-refractivity contribution in [3.8, 4) is 0 Å². The molecule has 2 aromatic rings. The number of hydrogen-bond donors (Lipinski definition) is 1. The van der Waals surface area contributed by atoms with Crippen LogP contribution in [0.2, 0.25) is 5.02 Å². The minimum Gasteiger partial charge on any atom is -0.374 e. The fourth-order valence-corrected chi connectivity index (χ4v) is 3.17. The summed E-state index contributed by atoms with van der Waals surface area (Å²) in [4.78, 5) is 14.5. The zero-order valence-electron chi connectivity index (χ0n) is 12.6. The molecule has 3 rings (SSSR count). The van der Waals surface area contributed by atoms with Crippen LogP contribution in [0.1, 0.15) is 23.6 Å². The molecule has 2 aromatic carbocycles. The molecule has 1 unspecified atom stereocenters. The minimum atomic E-state index is 0.0339. The van der Waals surface area contributed by atoms with Crippen LogP contribution >= 0.6 is 11.6 Å². The Hall–Kier alpha value is -2.00. The van der Waals surface area contributed by atoms with Crippen molar-refractivity contribution < 1.29 is 4.79 Å². The van der Waals surface area contributed by atoms with E-state index in [9.17, 15) is 4.79 Å². The normalized spacial score (nSPS) is 17.0. The van der Waals surface area contributed by atoms with Gasteiger partial charge in [-0.2, -0.15) is 0 Å². The van der Waals surface area contributed by atoms with Crippen LogP contribution in [0, 0.1) is 0 Å². The molecule has 1 aliphatic rings. The van der Waals surface area contributed by atoms with E-state index >= 15 is 0 Å². The largest absolute Gasteiger partial charge is 0.374 e. The molecule has 1 N–H and O–H groups in total. The molecule has 0 fully saturated rings. The number of anilines is 1. The van der Waals surface area contributed by atoms with Crippen molar-refractivity contribution in [1.29, 1.82) is 0 Å². The molecule has 0 aromatic heterocycles. The van der Waals surface area contributed by atoms with Gasteiger partial charge >= 0.3 is 0 Å². The SMILES string of the molecule is CN1CCC(NC(=O)Cc2cccc(Cl)c2)c2ccccc21. The molecular formula is C18H19ClN2O. The number of nitrogens with one attached hydrogen (secondary N) is 1. The van der Waals surface area contributed by atoms with Gasteiger partial charge < -0.3 is 10.2 Å². The molecule has 4 heteroatoms. The number of nitrogens with zero attached hydrogens (tertiary/aromatic N) is 1. The van der Waals surface area contributed by atoms with Crippen LogP contribution in [0.3, 0.4) is 0 Å². The van der Waals surface area contributed by atoms with Crippen molar-refractivity contribution in [3.63, 3.8) is 0 Å². The lowest BCUT2D eigenvalue weighted by molar-refractivity contribution is -0.121. The summed E-state index contributed by atoms with van der Waals surface area (Å²) >= 11 is 5.97. The highest BCUT2D eigenvalue weighted by molar-refractivity contribution is 6.30. The van der Waals surface area contributed by atoms with E-state index in [1.54, 1.807) is 0 Å². The van der Waals surface area contributed by atoms with Crippen molar-refractivity contribution in [2.75, 3.05) is 18.5 Å². The Bertz CT molecular complexity index is 686. The van der Waals surface area contributed by atoms with Crippen molar-refractivity contribution in [1.82, 2.24) is 5.32 Å². The lowest BCUT2D eigenvalue weighted by Gasteiger charge is -2.33. The van der Waals surface area contributed by atoms with E-state index in [0.717, 1.165) is 18.5 Å². The highest BCUT2D eigenvalue weighted by Crippen LogP contribution is 2.32. The first-order valence-electron chi connectivity index (χ1n) is 7.47. The number of benzene rings is 2. The molecule has 1 amide bonds. The summed E-state index contributed by atoms with van der Waals surface area (Å²) in [7, 11) is 2.09. The fraction of sp³-hybridized carbons (Fsp3) is 0.278. The number of carbonyl (C=O) groups excluding carboxylic acids is 1. The summed E-state index contributed by atoms with van der Waals surface area (Å²) in [5.41, 5.74) is 3.32. The van der Waals surface area contributed by atoms with Crippen molar-refractivity contribution in [3.05, 3.63) is 64.7 Å². The number of para-hydroxylation sites is 1. The lowest BCUT2D eigenvalue weighted by atomic mass is 9.96. The van der Waals surface area contributed by atoms with Gasteiger partial charge in [0.1, 0.15) is 0 Å². The average molecular weight is 315 g/mol. The third kappa shape index (κ3) is 3.25. The zero-order chi connectivity index (χ0) is 15.5. The van der Waals surface area contributed by atoms with Gasteiger partial charge in [-0.05, 0) is 35.7 Å². The van der Waals surface area contributed by atoms with E-state index in [0.29, 0.717) is 11.4 Å². The van der Waals surface area contributed by atoms with Gasteiger partial charge in [-0.3, -0.25) is 4.79 Å². The quantitative estimate of drug-likeness (QED) is 0.939. The van der Waals surface area contributed by atoms with E-state index in [1.807, 2.05) is 36.4 Å². The highest BCUT2D eigenvalue weighted by atomic mass is 35.5. The van der Waals surface area contributed by atoms with E-state index in [1.165, 1.54) is 11.3 Å². The van der Waals surface area contributed by atoms with Crippen LogP contribution < -0.4 is 10.2 Å². The van der Waals surface area contributed by atoms with Crippen LogP contribution in [-0.2, 0) is 11.2 Å². The molecular weight excluding hydrogens is 296 g/mol. The van der Waals surface area contributed by atoms with Gasteiger partial charge in [-0.15, -0.1) is 0 Å². The van der Waals surface area contributed by atoms with Gasteiger partial charge in [-0.25, -0.2) is 0 Å². The van der Waals surface area contributed by atoms with Gasteiger partial charge in [-0.1, -0.05) is 41.9 Å². The van der Waals surface area contributed by atoms with Crippen LogP contribution in [0.25, 0.3) is 0 Å². The molecule has 0 bridgehead atoms. The predicted molar refractivity (Wildman–Crippen MR) is 90.4 cm³/mol. The number of hydrogen-bond acceptors (Lipinski definition) is 2. The number of halogens is 1. The van der Waals surface area contributed by atoms with Crippen LogP contribution in [-0.4, -0.2) is 19.5 Å². The smallest absolute Gasteiger partial charge is 0.224 e. The molecule has 114 valence electrons. The number of rotatable bonds is 3. The summed E-state index contributed by atoms with van der Waals surface area (Å²) in [5, 5.41) is 3.82. The average Bonchev–Trinajstić information content (AvgIpc) is 2.50. The third-order valence-electron chi connectivity index (χ3n) is 4.07. The van der Waals surface area contributed by atoms with Crippen molar-refractivity contribution in [2.45, 2.75) is 18.9 Å². The summed E-state index contributed by atoms with van der Waals surface area (Å²) in [6, 6.07) is 15.8. The van der Waals surface area contributed by atoms with Crippen LogP contribution in [0.4, 0.5) is 5.69 Å². The van der Waals surface area contributed by atoms with Gasteiger partial charge in [0.05, 0.1) is 12.5 Å². The zero-order valence-corrected chi connectivity index (χ0v) is 13.3. The van der Waals surface area contributed by atoms with Gasteiger partial charge in [0.25, 0.3) is 0 Å². The van der Waals surface area contributed by atoms with Gasteiger partial charge in [0.15, 0.2) is 0 Å². The Morgan fingerprint density at radius 2 is 2.09 bits per heavy atom. The van der Waals surface area contributed by atoms with E-state index in [4.69, 9.17) is 11.6 Å². The van der Waals surface area contributed by atoms with E-state index in [-0.39, 0.29) is 11.9 Å². The van der Waals surface area contributed by atoms with Crippen LogP contribution in [0.5, 0.6) is 0 Å². The standard InChI is InChI=1S/C18H19ClN2O/c1-21-10-9-16(15-7-2-3-8-17(15)21)20-18(22)12-13-5-4-6-14(19)11-13/h2-8,11,16H,9-10,12H2,1H3,(H,20,22). The number of carbonyl (C=O) groups is 1. The molecule has 22 heavy (non-hydrogen) atoms. The highest BCUT2D eigenvalue weighted by Gasteiger charge is 2.24. The molecule has 1 atom stereocenters. The molecule has 3 nitrogen and oxygen atoms in total. The topological polar surface area (TPSA) is 32.3 Å². The maximum absolute atomic E-state index is 12.3. The maximum Gasteiger partial charge on any atom is 0.224 e. The Morgan fingerprint density at radius 1 is 1.27 bits per heavy atom. The van der Waals surface area contributed by atoms with Gasteiger partial charge in [0, 0.05) is 24.3 Å². The molecule has 0 aliphatic carbocycles. The molecule has 0 saturated carbocycles. The summed E-state index contributed by atoms with van der Waals surface area (Å²) in [6.45, 7) is 0.944. The second kappa shape index (κ2) is 6.41. The maximum atomic E-state index is 12.3. The van der Waals surface area contributed by atoms with Crippen molar-refractivity contribution in [2.24, 2.45) is 0 Å². The Kier molecular flexibility index (Phi) is 4.34. The van der Waals surface area contributed by atoms with Crippen LogP contribution in [0.15, 0.2) is 48.5 Å². The molecule has 0 radical (unpaired) electrons. The summed E-state index contributed by atoms with van der Waals surface area (Å²) in [6.07, 6.45) is 1.28. The Labute approximate surface area is 135 Å². The Morgan fingerprint density at radius 3 is 2.91 bits per heavy atom. The first-order chi connectivity index (χ1) is 10.6. The molecule has 1 heterocycles. The van der Waals surface area contributed by atoms with Crippen molar-refractivity contribution >= 4 is 23.2 Å². The molecule has 1 aliphatic heterocycles.